The fourth-order valence-electron chi connectivity index (χ4n) is 3.84. The van der Waals surface area contributed by atoms with Crippen LogP contribution in [0.2, 0.25) is 0 Å². The maximum atomic E-state index is 11.9. The minimum atomic E-state index is -0.132. The molecule has 0 bridgehead atoms. The van der Waals surface area contributed by atoms with Gasteiger partial charge < -0.3 is 19.7 Å². The van der Waals surface area contributed by atoms with Crippen molar-refractivity contribution in [3.63, 3.8) is 0 Å². The predicted octanol–water partition coefficient (Wildman–Crippen LogP) is 2.66. The number of nitrogens with zero attached hydrogens (tertiary/aromatic N) is 2. The Balaban J connectivity index is 0.00000261. The van der Waals surface area contributed by atoms with Crippen molar-refractivity contribution in [1.82, 2.24) is 10.2 Å². The van der Waals surface area contributed by atoms with E-state index in [0.717, 1.165) is 24.8 Å². The van der Waals surface area contributed by atoms with Gasteiger partial charge in [0.15, 0.2) is 5.96 Å². The molecule has 1 heterocycles. The third kappa shape index (κ3) is 4.67. The van der Waals surface area contributed by atoms with Gasteiger partial charge in [-0.2, -0.15) is 0 Å². The molecule has 1 aromatic carbocycles. The van der Waals surface area contributed by atoms with Crippen molar-refractivity contribution in [1.29, 1.82) is 0 Å². The van der Waals surface area contributed by atoms with E-state index >= 15 is 0 Å². The van der Waals surface area contributed by atoms with Crippen molar-refractivity contribution >= 4 is 35.9 Å². The molecule has 3 rings (SSSR count). The molecule has 2 atom stereocenters. The standard InChI is InChI=1S/C20H29N3O3.HI/c1-14-11-23(12-17(14)18(24)26-4)19(21-2)22-13-20(9-10-20)15-5-7-16(25-3)8-6-15;/h5-8,14,17H,9-13H2,1-4H3,(H,21,22);1H. The van der Waals surface area contributed by atoms with E-state index in [0.29, 0.717) is 6.54 Å². The highest BCUT2D eigenvalue weighted by molar-refractivity contribution is 14.0. The van der Waals surface area contributed by atoms with Crippen molar-refractivity contribution < 1.29 is 14.3 Å². The van der Waals surface area contributed by atoms with Gasteiger partial charge in [0, 0.05) is 32.1 Å². The van der Waals surface area contributed by atoms with Gasteiger partial charge in [-0.1, -0.05) is 19.1 Å². The summed E-state index contributed by atoms with van der Waals surface area (Å²) in [5, 5.41) is 3.53. The number of benzene rings is 1. The first-order valence-corrected chi connectivity index (χ1v) is 9.21. The van der Waals surface area contributed by atoms with Crippen LogP contribution in [0.5, 0.6) is 5.75 Å². The first kappa shape index (κ1) is 21.8. The monoisotopic (exact) mass is 487 g/mol. The molecule has 0 aromatic heterocycles. The summed E-state index contributed by atoms with van der Waals surface area (Å²) in [4.78, 5) is 18.5. The Morgan fingerprint density at radius 1 is 1.26 bits per heavy atom. The SMILES string of the molecule is CN=C(NCC1(c2ccc(OC)cc2)CC1)N1CC(C)C(C(=O)OC)C1.I. The summed E-state index contributed by atoms with van der Waals surface area (Å²) < 4.78 is 10.2. The van der Waals surface area contributed by atoms with Crippen LogP contribution in [0, 0.1) is 11.8 Å². The lowest BCUT2D eigenvalue weighted by Gasteiger charge is -2.24. The molecular weight excluding hydrogens is 457 g/mol. The summed E-state index contributed by atoms with van der Waals surface area (Å²) in [5.41, 5.74) is 1.51. The number of ether oxygens (including phenoxy) is 2. The number of halogens is 1. The minimum Gasteiger partial charge on any atom is -0.497 e. The van der Waals surface area contributed by atoms with Crippen LogP contribution >= 0.6 is 24.0 Å². The number of rotatable bonds is 5. The number of aliphatic imine (C=N–C) groups is 1. The topological polar surface area (TPSA) is 63.2 Å². The number of likely N-dealkylation sites (tertiary alicyclic amines) is 1. The lowest BCUT2D eigenvalue weighted by Crippen LogP contribution is -2.43. The molecule has 0 radical (unpaired) electrons. The molecule has 27 heavy (non-hydrogen) atoms. The van der Waals surface area contributed by atoms with E-state index in [2.05, 4.69) is 34.3 Å². The Labute approximate surface area is 178 Å². The zero-order valence-electron chi connectivity index (χ0n) is 16.5. The van der Waals surface area contributed by atoms with E-state index < -0.39 is 0 Å². The van der Waals surface area contributed by atoms with E-state index in [-0.39, 0.29) is 47.2 Å². The Morgan fingerprint density at radius 2 is 1.93 bits per heavy atom. The van der Waals surface area contributed by atoms with Crippen LogP contribution in [0.3, 0.4) is 0 Å². The number of methoxy groups -OCH3 is 2. The number of guanidine groups is 1. The summed E-state index contributed by atoms with van der Waals surface area (Å²) in [7, 11) is 4.94. The van der Waals surface area contributed by atoms with Crippen LogP contribution in [-0.4, -0.2) is 57.7 Å². The average Bonchev–Trinajstić information content (AvgIpc) is 3.37. The Morgan fingerprint density at radius 3 is 2.44 bits per heavy atom. The second kappa shape index (κ2) is 9.12. The van der Waals surface area contributed by atoms with Gasteiger partial charge in [0.05, 0.1) is 20.1 Å². The summed E-state index contributed by atoms with van der Waals surface area (Å²) in [6.07, 6.45) is 2.34. The van der Waals surface area contributed by atoms with Crippen molar-refractivity contribution in [2.45, 2.75) is 25.2 Å². The van der Waals surface area contributed by atoms with Gasteiger partial charge in [0.25, 0.3) is 0 Å². The van der Waals surface area contributed by atoms with Crippen LogP contribution in [-0.2, 0) is 14.9 Å². The van der Waals surface area contributed by atoms with Gasteiger partial charge in [0.1, 0.15) is 5.75 Å². The first-order valence-electron chi connectivity index (χ1n) is 9.21. The molecule has 1 N–H and O–H groups in total. The molecule has 150 valence electrons. The van der Waals surface area contributed by atoms with E-state index in [1.54, 1.807) is 14.2 Å². The van der Waals surface area contributed by atoms with Crippen molar-refractivity contribution in [3.05, 3.63) is 29.8 Å². The molecule has 1 aliphatic carbocycles. The van der Waals surface area contributed by atoms with Gasteiger partial charge in [-0.05, 0) is 36.5 Å². The minimum absolute atomic E-state index is 0. The molecule has 1 aromatic rings. The van der Waals surface area contributed by atoms with E-state index in [4.69, 9.17) is 9.47 Å². The second-order valence-electron chi connectivity index (χ2n) is 7.42. The molecule has 2 unspecified atom stereocenters. The van der Waals surface area contributed by atoms with Gasteiger partial charge >= 0.3 is 5.97 Å². The highest BCUT2D eigenvalue weighted by Gasteiger charge is 2.45. The molecule has 1 aliphatic heterocycles. The molecule has 1 saturated carbocycles. The first-order chi connectivity index (χ1) is 12.5. The van der Waals surface area contributed by atoms with Crippen LogP contribution < -0.4 is 10.1 Å². The predicted molar refractivity (Wildman–Crippen MR) is 117 cm³/mol. The molecule has 2 aliphatic rings. The normalized spacial score (nSPS) is 23.4. The lowest BCUT2D eigenvalue weighted by atomic mass is 9.96. The summed E-state index contributed by atoms with van der Waals surface area (Å²) in [6.45, 7) is 4.41. The number of esters is 1. The fraction of sp³-hybridized carbons (Fsp3) is 0.600. The Hall–Kier alpha value is -1.51. The van der Waals surface area contributed by atoms with Crippen LogP contribution in [0.15, 0.2) is 29.3 Å². The van der Waals surface area contributed by atoms with Crippen LogP contribution in [0.4, 0.5) is 0 Å². The largest absolute Gasteiger partial charge is 0.497 e. The molecule has 1 saturated heterocycles. The van der Waals surface area contributed by atoms with Gasteiger partial charge in [-0.25, -0.2) is 0 Å². The fourth-order valence-corrected chi connectivity index (χ4v) is 3.84. The molecule has 0 amide bonds. The quantitative estimate of drug-likeness (QED) is 0.300. The third-order valence-electron chi connectivity index (χ3n) is 5.77. The van der Waals surface area contributed by atoms with Crippen molar-refractivity contribution in [2.75, 3.05) is 40.9 Å². The van der Waals surface area contributed by atoms with E-state index in [1.165, 1.54) is 25.5 Å². The summed E-state index contributed by atoms with van der Waals surface area (Å²) in [6, 6.07) is 8.35. The molecule has 0 spiro atoms. The number of carbonyl (C=O) groups excluding carboxylic acids is 1. The van der Waals surface area contributed by atoms with Crippen LogP contribution in [0.25, 0.3) is 0 Å². The molecular formula is C20H30IN3O3. The summed E-state index contributed by atoms with van der Waals surface area (Å²) >= 11 is 0. The zero-order valence-corrected chi connectivity index (χ0v) is 18.9. The number of carbonyl (C=O) groups is 1. The van der Waals surface area contributed by atoms with Gasteiger partial charge in [-0.15, -0.1) is 24.0 Å². The number of hydrogen-bond donors (Lipinski definition) is 1. The highest BCUT2D eigenvalue weighted by Crippen LogP contribution is 2.48. The van der Waals surface area contributed by atoms with E-state index in [1.807, 2.05) is 12.1 Å². The van der Waals surface area contributed by atoms with E-state index in [9.17, 15) is 4.79 Å². The van der Waals surface area contributed by atoms with Crippen LogP contribution in [0.1, 0.15) is 25.3 Å². The van der Waals surface area contributed by atoms with Crippen molar-refractivity contribution in [2.24, 2.45) is 16.8 Å². The second-order valence-corrected chi connectivity index (χ2v) is 7.42. The maximum absolute atomic E-state index is 11.9. The molecule has 2 fully saturated rings. The average molecular weight is 487 g/mol. The highest BCUT2D eigenvalue weighted by atomic mass is 127. The van der Waals surface area contributed by atoms with Gasteiger partial charge in [0.2, 0.25) is 0 Å². The molecule has 7 heteroatoms. The Bertz CT molecular complexity index is 674. The van der Waals surface area contributed by atoms with Gasteiger partial charge in [-0.3, -0.25) is 9.79 Å². The maximum Gasteiger partial charge on any atom is 0.310 e. The number of hydrogen-bond acceptors (Lipinski definition) is 4. The lowest BCUT2D eigenvalue weighted by molar-refractivity contribution is -0.145. The molecule has 6 nitrogen and oxygen atoms in total. The number of nitrogens with one attached hydrogen (secondary N) is 1. The third-order valence-corrected chi connectivity index (χ3v) is 5.77. The Kier molecular flexibility index (Phi) is 7.36. The van der Waals surface area contributed by atoms with Crippen molar-refractivity contribution in [3.8, 4) is 5.75 Å². The summed E-state index contributed by atoms with van der Waals surface area (Å²) in [5.74, 6) is 1.79. The zero-order chi connectivity index (χ0) is 18.7. The smallest absolute Gasteiger partial charge is 0.310 e.